The smallest absolute Gasteiger partial charge is 0.258 e. The Hall–Kier alpha value is -2.68. The Morgan fingerprint density at radius 2 is 1.86 bits per heavy atom. The van der Waals surface area contributed by atoms with Crippen LogP contribution in [0.2, 0.25) is 5.02 Å². The van der Waals surface area contributed by atoms with Gasteiger partial charge in [-0.3, -0.25) is 4.79 Å². The van der Waals surface area contributed by atoms with Gasteiger partial charge in [0.1, 0.15) is 5.82 Å². The lowest BCUT2D eigenvalue weighted by Crippen LogP contribution is -2.23. The molecule has 0 spiro atoms. The van der Waals surface area contributed by atoms with E-state index in [0.717, 1.165) is 9.87 Å². The Balaban J connectivity index is 1.86. The maximum absolute atomic E-state index is 12.7. The number of rotatable bonds is 6. The first-order valence-electron chi connectivity index (χ1n) is 8.38. The molecule has 0 saturated heterocycles. The van der Waals surface area contributed by atoms with Gasteiger partial charge in [0, 0.05) is 20.2 Å². The average Bonchev–Trinajstić information content (AvgIpc) is 3.09. The van der Waals surface area contributed by atoms with Crippen LogP contribution in [0, 0.1) is 0 Å². The van der Waals surface area contributed by atoms with Gasteiger partial charge < -0.3 is 5.32 Å². The summed E-state index contributed by atoms with van der Waals surface area (Å²) in [6.07, 6.45) is 1.58. The van der Waals surface area contributed by atoms with E-state index in [4.69, 9.17) is 11.6 Å². The van der Waals surface area contributed by atoms with Crippen molar-refractivity contribution >= 4 is 33.3 Å². The minimum absolute atomic E-state index is 0.00940. The molecule has 0 aliphatic carbocycles. The standard InChI is InChI=1S/C19H19ClN4O3S/c1-23(2)28(26,27)15-8-9-17(20)16(12-15)19(25)22-18-10-11-21-24(18)13-14-6-4-3-5-7-14/h3-12H,13H2,1-2H3,(H,22,25). The van der Waals surface area contributed by atoms with Crippen molar-refractivity contribution in [3.8, 4) is 0 Å². The van der Waals surface area contributed by atoms with Crippen LogP contribution >= 0.6 is 11.6 Å². The van der Waals surface area contributed by atoms with Crippen LogP contribution in [-0.4, -0.2) is 42.5 Å². The predicted octanol–water partition coefficient (Wildman–Crippen LogP) is 3.09. The Morgan fingerprint density at radius 3 is 2.54 bits per heavy atom. The molecule has 0 bridgehead atoms. The lowest BCUT2D eigenvalue weighted by atomic mass is 10.2. The van der Waals surface area contributed by atoms with Crippen molar-refractivity contribution in [2.45, 2.75) is 11.4 Å². The second kappa shape index (κ2) is 8.14. The molecule has 7 nitrogen and oxygen atoms in total. The van der Waals surface area contributed by atoms with Crippen molar-refractivity contribution in [3.63, 3.8) is 0 Å². The van der Waals surface area contributed by atoms with E-state index in [9.17, 15) is 13.2 Å². The van der Waals surface area contributed by atoms with Crippen LogP contribution in [0.1, 0.15) is 15.9 Å². The SMILES string of the molecule is CN(C)S(=O)(=O)c1ccc(Cl)c(C(=O)Nc2ccnn2Cc2ccccc2)c1. The highest BCUT2D eigenvalue weighted by molar-refractivity contribution is 7.89. The highest BCUT2D eigenvalue weighted by atomic mass is 35.5. The van der Waals surface area contributed by atoms with Crippen molar-refractivity contribution < 1.29 is 13.2 Å². The van der Waals surface area contributed by atoms with Crippen LogP contribution in [0.25, 0.3) is 0 Å². The first-order chi connectivity index (χ1) is 13.3. The third-order valence-electron chi connectivity index (χ3n) is 4.09. The number of anilines is 1. The molecule has 1 amide bonds. The molecule has 0 unspecified atom stereocenters. The minimum atomic E-state index is -3.68. The quantitative estimate of drug-likeness (QED) is 0.666. The summed E-state index contributed by atoms with van der Waals surface area (Å²) in [6, 6.07) is 15.4. The highest BCUT2D eigenvalue weighted by Crippen LogP contribution is 2.23. The number of aromatic nitrogens is 2. The summed E-state index contributed by atoms with van der Waals surface area (Å²) in [5.41, 5.74) is 1.09. The zero-order valence-corrected chi connectivity index (χ0v) is 16.9. The van der Waals surface area contributed by atoms with Crippen molar-refractivity contribution in [1.82, 2.24) is 14.1 Å². The number of sulfonamides is 1. The minimum Gasteiger partial charge on any atom is -0.307 e. The number of hydrogen-bond acceptors (Lipinski definition) is 4. The first kappa shape index (κ1) is 20.1. The zero-order valence-electron chi connectivity index (χ0n) is 15.3. The second-order valence-corrected chi connectivity index (χ2v) is 8.80. The van der Waals surface area contributed by atoms with Crippen LogP contribution in [-0.2, 0) is 16.6 Å². The highest BCUT2D eigenvalue weighted by Gasteiger charge is 2.21. The topological polar surface area (TPSA) is 84.3 Å². The Kier molecular flexibility index (Phi) is 5.83. The van der Waals surface area contributed by atoms with Gasteiger partial charge in [-0.1, -0.05) is 41.9 Å². The van der Waals surface area contributed by atoms with Gasteiger partial charge in [-0.15, -0.1) is 0 Å². The largest absolute Gasteiger partial charge is 0.307 e. The molecule has 0 radical (unpaired) electrons. The second-order valence-electron chi connectivity index (χ2n) is 6.24. The third kappa shape index (κ3) is 4.24. The molecule has 0 aliphatic heterocycles. The summed E-state index contributed by atoms with van der Waals surface area (Å²) in [5, 5.41) is 7.13. The van der Waals surface area contributed by atoms with E-state index in [2.05, 4.69) is 10.4 Å². The molecule has 1 N–H and O–H groups in total. The molecule has 3 rings (SSSR count). The summed E-state index contributed by atoms with van der Waals surface area (Å²) in [7, 11) is -0.839. The average molecular weight is 419 g/mol. The summed E-state index contributed by atoms with van der Waals surface area (Å²) in [5.74, 6) is -0.0404. The van der Waals surface area contributed by atoms with Gasteiger partial charge in [0.25, 0.3) is 5.91 Å². The first-order valence-corrected chi connectivity index (χ1v) is 10.2. The lowest BCUT2D eigenvalue weighted by molar-refractivity contribution is 0.102. The van der Waals surface area contributed by atoms with E-state index in [1.165, 1.54) is 32.3 Å². The van der Waals surface area contributed by atoms with Gasteiger partial charge in [0.15, 0.2) is 0 Å². The molecule has 0 atom stereocenters. The molecule has 2 aromatic carbocycles. The van der Waals surface area contributed by atoms with E-state index in [0.29, 0.717) is 12.4 Å². The van der Waals surface area contributed by atoms with Gasteiger partial charge >= 0.3 is 0 Å². The number of nitrogens with zero attached hydrogens (tertiary/aromatic N) is 3. The summed E-state index contributed by atoms with van der Waals surface area (Å²) in [4.78, 5) is 12.7. The molecule has 28 heavy (non-hydrogen) atoms. The maximum atomic E-state index is 12.7. The van der Waals surface area contributed by atoms with Gasteiger partial charge in [0.05, 0.1) is 28.2 Å². The number of carbonyl (C=O) groups excluding carboxylic acids is 1. The molecule has 3 aromatic rings. The number of hydrogen-bond donors (Lipinski definition) is 1. The van der Waals surface area contributed by atoms with Gasteiger partial charge in [-0.2, -0.15) is 5.10 Å². The molecule has 1 aromatic heterocycles. The molecule has 0 saturated carbocycles. The van der Waals surface area contributed by atoms with Crippen LogP contribution in [0.15, 0.2) is 65.7 Å². The van der Waals surface area contributed by atoms with E-state index in [-0.39, 0.29) is 15.5 Å². The Bertz CT molecular complexity index is 1100. The molecule has 146 valence electrons. The maximum Gasteiger partial charge on any atom is 0.258 e. The normalized spacial score (nSPS) is 11.6. The predicted molar refractivity (Wildman–Crippen MR) is 108 cm³/mol. The number of carbonyl (C=O) groups is 1. The Labute approximate surface area is 168 Å². The molecule has 0 aliphatic rings. The van der Waals surface area contributed by atoms with E-state index >= 15 is 0 Å². The van der Waals surface area contributed by atoms with Crippen LogP contribution < -0.4 is 5.32 Å². The van der Waals surface area contributed by atoms with Crippen molar-refractivity contribution in [2.24, 2.45) is 0 Å². The van der Waals surface area contributed by atoms with Crippen LogP contribution in [0.3, 0.4) is 0 Å². The van der Waals surface area contributed by atoms with Crippen molar-refractivity contribution in [2.75, 3.05) is 19.4 Å². The third-order valence-corrected chi connectivity index (χ3v) is 6.24. The summed E-state index contributed by atoms with van der Waals surface area (Å²) in [6.45, 7) is 0.478. The number of benzene rings is 2. The zero-order chi connectivity index (χ0) is 20.3. The van der Waals surface area contributed by atoms with Crippen molar-refractivity contribution in [1.29, 1.82) is 0 Å². The molecular formula is C19H19ClN4O3S. The molecule has 1 heterocycles. The fourth-order valence-electron chi connectivity index (χ4n) is 2.55. The van der Waals surface area contributed by atoms with E-state index in [1.54, 1.807) is 16.9 Å². The van der Waals surface area contributed by atoms with Gasteiger partial charge in [-0.25, -0.2) is 17.4 Å². The van der Waals surface area contributed by atoms with E-state index < -0.39 is 15.9 Å². The summed E-state index contributed by atoms with van der Waals surface area (Å²) < 4.78 is 27.4. The van der Waals surface area contributed by atoms with E-state index in [1.807, 2.05) is 30.3 Å². The summed E-state index contributed by atoms with van der Waals surface area (Å²) >= 11 is 6.14. The molecular weight excluding hydrogens is 400 g/mol. The molecule has 0 fully saturated rings. The fourth-order valence-corrected chi connectivity index (χ4v) is 3.69. The number of halogens is 1. The fraction of sp³-hybridized carbons (Fsp3) is 0.158. The number of nitrogens with one attached hydrogen (secondary N) is 1. The van der Waals surface area contributed by atoms with Crippen LogP contribution in [0.5, 0.6) is 0 Å². The van der Waals surface area contributed by atoms with Gasteiger partial charge in [-0.05, 0) is 23.8 Å². The lowest BCUT2D eigenvalue weighted by Gasteiger charge is -2.14. The van der Waals surface area contributed by atoms with Crippen molar-refractivity contribution in [3.05, 3.63) is 76.9 Å². The monoisotopic (exact) mass is 418 g/mol. The number of amides is 1. The van der Waals surface area contributed by atoms with Gasteiger partial charge in [0.2, 0.25) is 10.0 Å². The molecule has 9 heteroatoms. The van der Waals surface area contributed by atoms with Crippen LogP contribution in [0.4, 0.5) is 5.82 Å². The Morgan fingerprint density at radius 1 is 1.14 bits per heavy atom.